The first kappa shape index (κ1) is 19.0. The highest BCUT2D eigenvalue weighted by Gasteiger charge is 2.14. The number of fused-ring (bicyclic) bond motifs is 1. The van der Waals surface area contributed by atoms with E-state index in [4.69, 9.17) is 17.0 Å². The van der Waals surface area contributed by atoms with Gasteiger partial charge in [0.25, 0.3) is 5.91 Å². The number of thiocarbonyl (C=S) groups is 1. The molecule has 1 aromatic heterocycles. The molecule has 29 heavy (non-hydrogen) atoms. The smallest absolute Gasteiger partial charge is 0.261 e. The topological polar surface area (TPSA) is 63.2 Å². The minimum atomic E-state index is -0.341. The Balaban J connectivity index is 1.45. The maximum absolute atomic E-state index is 12.4. The van der Waals surface area contributed by atoms with Crippen LogP contribution in [0.3, 0.4) is 0 Å². The highest BCUT2D eigenvalue weighted by molar-refractivity contribution is 7.80. The Morgan fingerprint density at radius 3 is 2.62 bits per heavy atom. The van der Waals surface area contributed by atoms with Gasteiger partial charge in [0, 0.05) is 10.9 Å². The van der Waals surface area contributed by atoms with Crippen LogP contribution in [0.1, 0.15) is 10.4 Å². The van der Waals surface area contributed by atoms with Gasteiger partial charge in [-0.25, -0.2) is 4.98 Å². The van der Waals surface area contributed by atoms with E-state index in [2.05, 4.69) is 39.9 Å². The number of nitrogens with zero attached hydrogens (tertiary/aromatic N) is 1. The number of ether oxygens (including phenoxy) is 1. The summed E-state index contributed by atoms with van der Waals surface area (Å²) in [6.07, 6.45) is 0. The van der Waals surface area contributed by atoms with Crippen LogP contribution < -0.4 is 15.4 Å². The summed E-state index contributed by atoms with van der Waals surface area (Å²) < 4.78 is 5.21. The number of rotatable bonds is 4. The fourth-order valence-corrected chi connectivity index (χ4v) is 3.92. The van der Waals surface area contributed by atoms with Crippen LogP contribution in [-0.2, 0) is 0 Å². The maximum Gasteiger partial charge on any atom is 0.261 e. The van der Waals surface area contributed by atoms with Gasteiger partial charge >= 0.3 is 0 Å². The number of carbonyl (C=O) groups excluding carboxylic acids is 1. The number of nitrogens with one attached hydrogen (secondary N) is 2. The molecule has 0 radical (unpaired) electrons. The molecule has 0 spiro atoms. The van der Waals surface area contributed by atoms with Gasteiger partial charge in [0.1, 0.15) is 5.75 Å². The average Bonchev–Trinajstić information content (AvgIpc) is 3.21. The van der Waals surface area contributed by atoms with E-state index >= 15 is 0 Å². The summed E-state index contributed by atoms with van der Waals surface area (Å²) >= 11 is 6.69. The lowest BCUT2D eigenvalue weighted by Gasteiger charge is -2.10. The summed E-state index contributed by atoms with van der Waals surface area (Å²) in [5.74, 6) is 0.145. The average molecular weight is 420 g/mol. The monoisotopic (exact) mass is 419 g/mol. The number of carbonyl (C=O) groups is 1. The molecule has 144 valence electrons. The van der Waals surface area contributed by atoms with Crippen LogP contribution in [0.15, 0.2) is 72.1 Å². The molecule has 0 fully saturated rings. The van der Waals surface area contributed by atoms with Crippen LogP contribution in [0.5, 0.6) is 5.75 Å². The molecule has 0 unspecified atom stereocenters. The summed E-state index contributed by atoms with van der Waals surface area (Å²) in [6, 6.07) is 21.4. The highest BCUT2D eigenvalue weighted by atomic mass is 32.1. The van der Waals surface area contributed by atoms with Crippen molar-refractivity contribution in [3.05, 3.63) is 77.7 Å². The Labute approximate surface area is 177 Å². The molecule has 0 aliphatic rings. The first-order chi connectivity index (χ1) is 14.1. The zero-order valence-corrected chi connectivity index (χ0v) is 17.1. The Kier molecular flexibility index (Phi) is 5.50. The second-order valence-electron chi connectivity index (χ2n) is 6.21. The Hall–Kier alpha value is -3.29. The summed E-state index contributed by atoms with van der Waals surface area (Å²) in [5.41, 5.74) is 2.29. The zero-order valence-electron chi connectivity index (χ0n) is 15.5. The molecular weight excluding hydrogens is 402 g/mol. The Morgan fingerprint density at radius 2 is 1.79 bits per heavy atom. The first-order valence-corrected chi connectivity index (χ1v) is 10.1. The number of thiazole rings is 1. The highest BCUT2D eigenvalue weighted by Crippen LogP contribution is 2.27. The van der Waals surface area contributed by atoms with Crippen molar-refractivity contribution in [3.8, 4) is 17.0 Å². The van der Waals surface area contributed by atoms with Crippen molar-refractivity contribution in [2.75, 3.05) is 12.4 Å². The molecular formula is C22H17N3O2S2. The van der Waals surface area contributed by atoms with E-state index in [1.54, 1.807) is 24.3 Å². The molecule has 4 rings (SSSR count). The van der Waals surface area contributed by atoms with E-state index in [9.17, 15) is 4.79 Å². The third-order valence-electron chi connectivity index (χ3n) is 4.35. The van der Waals surface area contributed by atoms with E-state index in [0.29, 0.717) is 16.4 Å². The molecule has 0 bridgehead atoms. The first-order valence-electron chi connectivity index (χ1n) is 8.84. The van der Waals surface area contributed by atoms with Crippen LogP contribution in [-0.4, -0.2) is 23.1 Å². The largest absolute Gasteiger partial charge is 0.496 e. The molecule has 2 N–H and O–H groups in total. The lowest BCUT2D eigenvalue weighted by molar-refractivity contribution is 0.0975. The molecule has 1 amide bonds. The zero-order chi connectivity index (χ0) is 20.2. The van der Waals surface area contributed by atoms with Crippen LogP contribution in [0.4, 0.5) is 5.13 Å². The molecule has 0 saturated heterocycles. The fraction of sp³-hybridized carbons (Fsp3) is 0.0455. The van der Waals surface area contributed by atoms with E-state index in [-0.39, 0.29) is 11.0 Å². The third kappa shape index (κ3) is 4.26. The molecule has 0 aliphatic carbocycles. The van der Waals surface area contributed by atoms with Gasteiger partial charge in [0.2, 0.25) is 0 Å². The van der Waals surface area contributed by atoms with Gasteiger partial charge in [0.05, 0.1) is 18.4 Å². The molecule has 7 heteroatoms. The van der Waals surface area contributed by atoms with E-state index < -0.39 is 0 Å². The van der Waals surface area contributed by atoms with Crippen molar-refractivity contribution in [1.29, 1.82) is 0 Å². The quantitative estimate of drug-likeness (QED) is 0.451. The van der Waals surface area contributed by atoms with Crippen molar-refractivity contribution < 1.29 is 9.53 Å². The summed E-state index contributed by atoms with van der Waals surface area (Å²) in [6.45, 7) is 0. The second-order valence-corrected chi connectivity index (χ2v) is 7.47. The summed E-state index contributed by atoms with van der Waals surface area (Å²) in [5, 5.41) is 10.7. The standard InChI is InChI=1S/C22H17N3O2S2/c1-27-19-9-5-4-8-17(19)20(26)24-21(28)25-22-23-18(13-29-22)16-11-10-14-6-2-3-7-15(14)12-16/h2-13H,1H3,(H2,23,24,25,26,28). The van der Waals surface area contributed by atoms with Gasteiger partial charge in [0.15, 0.2) is 10.2 Å². The number of hydrogen-bond acceptors (Lipinski definition) is 5. The summed E-state index contributed by atoms with van der Waals surface area (Å²) in [7, 11) is 1.52. The molecule has 1 heterocycles. The third-order valence-corrected chi connectivity index (χ3v) is 5.31. The van der Waals surface area contributed by atoms with Crippen molar-refractivity contribution in [3.63, 3.8) is 0 Å². The van der Waals surface area contributed by atoms with Crippen molar-refractivity contribution in [2.45, 2.75) is 0 Å². The normalized spacial score (nSPS) is 10.5. The van der Waals surface area contributed by atoms with Gasteiger partial charge in [-0.2, -0.15) is 0 Å². The predicted molar refractivity (Wildman–Crippen MR) is 122 cm³/mol. The lowest BCUT2D eigenvalue weighted by Crippen LogP contribution is -2.34. The molecule has 0 atom stereocenters. The number of methoxy groups -OCH3 is 1. The van der Waals surface area contributed by atoms with E-state index in [1.807, 2.05) is 23.6 Å². The van der Waals surface area contributed by atoms with Crippen molar-refractivity contribution in [1.82, 2.24) is 10.3 Å². The van der Waals surface area contributed by atoms with Crippen LogP contribution >= 0.6 is 23.6 Å². The van der Waals surface area contributed by atoms with Gasteiger partial charge in [-0.15, -0.1) is 11.3 Å². The van der Waals surface area contributed by atoms with Crippen LogP contribution in [0.25, 0.3) is 22.0 Å². The number of amides is 1. The minimum Gasteiger partial charge on any atom is -0.496 e. The number of aromatic nitrogens is 1. The van der Waals surface area contributed by atoms with E-state index in [1.165, 1.54) is 23.8 Å². The molecule has 5 nitrogen and oxygen atoms in total. The van der Waals surface area contributed by atoms with Crippen LogP contribution in [0, 0.1) is 0 Å². The van der Waals surface area contributed by atoms with E-state index in [0.717, 1.165) is 16.6 Å². The van der Waals surface area contributed by atoms with Gasteiger partial charge < -0.3 is 10.1 Å². The number of hydrogen-bond donors (Lipinski definition) is 2. The van der Waals surface area contributed by atoms with Gasteiger partial charge in [-0.3, -0.25) is 10.1 Å². The maximum atomic E-state index is 12.4. The SMILES string of the molecule is COc1ccccc1C(=O)NC(=S)Nc1nc(-c2ccc3ccccc3c2)cs1. The summed E-state index contributed by atoms with van der Waals surface area (Å²) in [4.78, 5) is 17.0. The lowest BCUT2D eigenvalue weighted by atomic mass is 10.1. The number of para-hydroxylation sites is 1. The molecule has 3 aromatic carbocycles. The van der Waals surface area contributed by atoms with Gasteiger partial charge in [-0.05, 0) is 41.2 Å². The number of benzene rings is 3. The number of anilines is 1. The second kappa shape index (κ2) is 8.38. The van der Waals surface area contributed by atoms with Crippen molar-refractivity contribution >= 4 is 50.5 Å². The molecule has 0 saturated carbocycles. The predicted octanol–water partition coefficient (Wildman–Crippen LogP) is 5.10. The fourth-order valence-electron chi connectivity index (χ4n) is 2.94. The minimum absolute atomic E-state index is 0.181. The molecule has 0 aliphatic heterocycles. The Bertz CT molecular complexity index is 1200. The Morgan fingerprint density at radius 1 is 1.03 bits per heavy atom. The van der Waals surface area contributed by atoms with Gasteiger partial charge in [-0.1, -0.05) is 48.5 Å². The van der Waals surface area contributed by atoms with Crippen LogP contribution in [0.2, 0.25) is 0 Å². The molecule has 4 aromatic rings. The van der Waals surface area contributed by atoms with Crippen molar-refractivity contribution in [2.24, 2.45) is 0 Å².